The molecule has 0 aliphatic carbocycles. The molecule has 3 heterocycles. The predicted molar refractivity (Wildman–Crippen MR) is 107 cm³/mol. The van der Waals surface area contributed by atoms with Crippen LogP contribution >= 0.6 is 0 Å². The predicted octanol–water partition coefficient (Wildman–Crippen LogP) is 2.69. The van der Waals surface area contributed by atoms with E-state index in [9.17, 15) is 9.90 Å². The molecule has 1 N–H and O–H groups in total. The van der Waals surface area contributed by atoms with E-state index in [1.165, 1.54) is 31.2 Å². The summed E-state index contributed by atoms with van der Waals surface area (Å²) in [4.78, 5) is 20.0. The van der Waals surface area contributed by atoms with Crippen molar-refractivity contribution in [3.05, 3.63) is 29.8 Å². The van der Waals surface area contributed by atoms with Crippen LogP contribution in [0.15, 0.2) is 24.3 Å². The molecular weight excluding hydrogens is 338 g/mol. The molecule has 27 heavy (non-hydrogen) atoms. The fourth-order valence-corrected chi connectivity index (χ4v) is 5.09. The van der Waals surface area contributed by atoms with Crippen LogP contribution < -0.4 is 0 Å². The van der Waals surface area contributed by atoms with Crippen LogP contribution in [0.5, 0.6) is 5.75 Å². The maximum Gasteiger partial charge on any atom is 0.226 e. The molecule has 0 aromatic heterocycles. The molecule has 3 fully saturated rings. The molecule has 1 aromatic carbocycles. The minimum atomic E-state index is 0.224. The Kier molecular flexibility index (Phi) is 5.98. The summed E-state index contributed by atoms with van der Waals surface area (Å²) in [5.41, 5.74) is 1.18. The smallest absolute Gasteiger partial charge is 0.226 e. The average molecular weight is 372 g/mol. The molecule has 0 spiro atoms. The molecule has 148 valence electrons. The van der Waals surface area contributed by atoms with Crippen molar-refractivity contribution in [3.63, 3.8) is 0 Å². The molecule has 3 aliphatic rings. The van der Waals surface area contributed by atoms with Crippen molar-refractivity contribution in [1.82, 2.24) is 14.7 Å². The zero-order chi connectivity index (χ0) is 18.6. The molecule has 5 nitrogen and oxygen atoms in total. The Bertz CT molecular complexity index is 636. The van der Waals surface area contributed by atoms with Crippen molar-refractivity contribution in [2.75, 3.05) is 39.3 Å². The first-order chi connectivity index (χ1) is 13.2. The van der Waals surface area contributed by atoms with E-state index in [4.69, 9.17) is 0 Å². The molecule has 0 unspecified atom stereocenters. The minimum Gasteiger partial charge on any atom is -0.508 e. The van der Waals surface area contributed by atoms with Crippen LogP contribution in [0.1, 0.15) is 44.1 Å². The molecule has 0 radical (unpaired) electrons. The number of carbonyl (C=O) groups excluding carboxylic acids is 1. The highest BCUT2D eigenvalue weighted by molar-refractivity contribution is 5.79. The number of nitrogens with zero attached hydrogens (tertiary/aromatic N) is 3. The molecule has 1 aromatic rings. The van der Waals surface area contributed by atoms with Gasteiger partial charge in [-0.15, -0.1) is 0 Å². The van der Waals surface area contributed by atoms with Gasteiger partial charge in [0.1, 0.15) is 5.75 Å². The Hall–Kier alpha value is -1.59. The van der Waals surface area contributed by atoms with E-state index in [0.717, 1.165) is 58.7 Å². The SMILES string of the molecule is O=C([C@H]1CCCN(C2CCN(Cc3cccc(O)c3)CC2)C1)N1CCCC1. The normalized spacial score (nSPS) is 25.8. The van der Waals surface area contributed by atoms with Gasteiger partial charge in [-0.1, -0.05) is 12.1 Å². The van der Waals surface area contributed by atoms with E-state index in [0.29, 0.717) is 17.7 Å². The Morgan fingerprint density at radius 1 is 1.00 bits per heavy atom. The van der Waals surface area contributed by atoms with Crippen LogP contribution in [-0.2, 0) is 11.3 Å². The topological polar surface area (TPSA) is 47.0 Å². The van der Waals surface area contributed by atoms with Gasteiger partial charge in [0.25, 0.3) is 0 Å². The Labute approximate surface area is 162 Å². The first-order valence-corrected chi connectivity index (χ1v) is 10.7. The van der Waals surface area contributed by atoms with E-state index < -0.39 is 0 Å². The fourth-order valence-electron chi connectivity index (χ4n) is 5.09. The number of rotatable bonds is 4. The monoisotopic (exact) mass is 371 g/mol. The summed E-state index contributed by atoms with van der Waals surface area (Å²) in [6.07, 6.45) is 6.96. The maximum absolute atomic E-state index is 12.8. The summed E-state index contributed by atoms with van der Waals surface area (Å²) >= 11 is 0. The summed E-state index contributed by atoms with van der Waals surface area (Å²) in [5.74, 6) is 0.991. The van der Waals surface area contributed by atoms with Gasteiger partial charge in [0.05, 0.1) is 5.92 Å². The first-order valence-electron chi connectivity index (χ1n) is 10.7. The summed E-state index contributed by atoms with van der Waals surface area (Å²) < 4.78 is 0. The van der Waals surface area contributed by atoms with E-state index in [2.05, 4.69) is 20.8 Å². The number of aromatic hydroxyl groups is 1. The largest absolute Gasteiger partial charge is 0.508 e. The minimum absolute atomic E-state index is 0.224. The lowest BCUT2D eigenvalue weighted by Crippen LogP contribution is -2.51. The van der Waals surface area contributed by atoms with Crippen LogP contribution in [0.3, 0.4) is 0 Å². The van der Waals surface area contributed by atoms with Crippen molar-refractivity contribution < 1.29 is 9.90 Å². The molecule has 0 saturated carbocycles. The number of amides is 1. The molecule has 1 atom stereocenters. The van der Waals surface area contributed by atoms with Gasteiger partial charge < -0.3 is 10.0 Å². The lowest BCUT2D eigenvalue weighted by molar-refractivity contribution is -0.136. The van der Waals surface area contributed by atoms with Gasteiger partial charge in [-0.2, -0.15) is 0 Å². The molecule has 3 saturated heterocycles. The van der Waals surface area contributed by atoms with Crippen molar-refractivity contribution in [1.29, 1.82) is 0 Å². The highest BCUT2D eigenvalue weighted by Gasteiger charge is 2.34. The van der Waals surface area contributed by atoms with Crippen LogP contribution in [0.2, 0.25) is 0 Å². The molecular formula is C22H33N3O2. The van der Waals surface area contributed by atoms with E-state index in [-0.39, 0.29) is 5.92 Å². The van der Waals surface area contributed by atoms with Crippen molar-refractivity contribution in [3.8, 4) is 5.75 Å². The second-order valence-corrected chi connectivity index (χ2v) is 8.54. The van der Waals surface area contributed by atoms with Crippen LogP contribution in [0, 0.1) is 5.92 Å². The van der Waals surface area contributed by atoms with Gasteiger partial charge in [-0.05, 0) is 75.9 Å². The standard InChI is InChI=1S/C22H33N3O2/c26-21-7-3-5-18(15-21)16-23-13-8-20(9-14-23)25-12-4-6-19(17-25)22(27)24-10-1-2-11-24/h3,5,7,15,19-20,26H,1-2,4,6,8-14,16-17H2/t19-/m0/s1. The third kappa shape index (κ3) is 4.64. The number of piperidine rings is 2. The molecule has 4 rings (SSSR count). The van der Waals surface area contributed by atoms with Gasteiger partial charge in [-0.25, -0.2) is 0 Å². The molecule has 5 heteroatoms. The number of carbonyl (C=O) groups is 1. The van der Waals surface area contributed by atoms with Crippen LogP contribution in [0.4, 0.5) is 0 Å². The molecule has 1 amide bonds. The number of hydrogen-bond acceptors (Lipinski definition) is 4. The van der Waals surface area contributed by atoms with Gasteiger partial charge >= 0.3 is 0 Å². The number of phenolic OH excluding ortho intramolecular Hbond substituents is 1. The quantitative estimate of drug-likeness (QED) is 0.884. The highest BCUT2D eigenvalue weighted by Crippen LogP contribution is 2.26. The summed E-state index contributed by atoms with van der Waals surface area (Å²) in [5, 5.41) is 9.65. The Morgan fingerprint density at radius 2 is 1.78 bits per heavy atom. The second kappa shape index (κ2) is 8.61. The lowest BCUT2D eigenvalue weighted by atomic mass is 9.93. The number of likely N-dealkylation sites (tertiary alicyclic amines) is 3. The van der Waals surface area contributed by atoms with Crippen molar-refractivity contribution >= 4 is 5.91 Å². The highest BCUT2D eigenvalue weighted by atomic mass is 16.3. The Morgan fingerprint density at radius 3 is 2.52 bits per heavy atom. The summed E-state index contributed by atoms with van der Waals surface area (Å²) in [7, 11) is 0. The zero-order valence-corrected chi connectivity index (χ0v) is 16.4. The van der Waals surface area contributed by atoms with Crippen molar-refractivity contribution in [2.24, 2.45) is 5.92 Å². The molecule has 0 bridgehead atoms. The third-order valence-electron chi connectivity index (χ3n) is 6.61. The van der Waals surface area contributed by atoms with Crippen LogP contribution in [0.25, 0.3) is 0 Å². The number of benzene rings is 1. The van der Waals surface area contributed by atoms with E-state index in [1.54, 1.807) is 6.07 Å². The number of hydrogen-bond donors (Lipinski definition) is 1. The Balaban J connectivity index is 1.27. The van der Waals surface area contributed by atoms with E-state index in [1.807, 2.05) is 12.1 Å². The lowest BCUT2D eigenvalue weighted by Gasteiger charge is -2.42. The van der Waals surface area contributed by atoms with Gasteiger partial charge in [0.15, 0.2) is 0 Å². The fraction of sp³-hybridized carbons (Fsp3) is 0.682. The second-order valence-electron chi connectivity index (χ2n) is 8.54. The van der Waals surface area contributed by atoms with E-state index >= 15 is 0 Å². The van der Waals surface area contributed by atoms with Crippen LogP contribution in [-0.4, -0.2) is 71.0 Å². The molecule has 3 aliphatic heterocycles. The van der Waals surface area contributed by atoms with Gasteiger partial charge in [0, 0.05) is 32.2 Å². The van der Waals surface area contributed by atoms with Crippen molar-refractivity contribution in [2.45, 2.75) is 51.1 Å². The zero-order valence-electron chi connectivity index (χ0n) is 16.4. The number of phenols is 1. The average Bonchev–Trinajstić information content (AvgIpc) is 3.23. The first kappa shape index (κ1) is 18.8. The maximum atomic E-state index is 12.8. The summed E-state index contributed by atoms with van der Waals surface area (Å²) in [6.45, 7) is 7.18. The summed E-state index contributed by atoms with van der Waals surface area (Å²) in [6, 6.07) is 8.23. The van der Waals surface area contributed by atoms with Gasteiger partial charge in [-0.3, -0.25) is 14.6 Å². The third-order valence-corrected chi connectivity index (χ3v) is 6.61. The van der Waals surface area contributed by atoms with Gasteiger partial charge in [0.2, 0.25) is 5.91 Å².